The fourth-order valence-electron chi connectivity index (χ4n) is 0. The first kappa shape index (κ1) is 16.3. The minimum atomic E-state index is -0.125. The van der Waals surface area contributed by atoms with Gasteiger partial charge in [0, 0.05) is 0 Å². The van der Waals surface area contributed by atoms with Crippen molar-refractivity contribution in [1.82, 2.24) is 0 Å². The predicted octanol–water partition coefficient (Wildman–Crippen LogP) is -1.26. The van der Waals surface area contributed by atoms with Crippen LogP contribution in [0.1, 0.15) is 0 Å². The van der Waals surface area contributed by atoms with Gasteiger partial charge in [0.05, 0.1) is 26.4 Å². The zero-order valence-electron chi connectivity index (χ0n) is 6.03. The van der Waals surface area contributed by atoms with E-state index in [4.69, 9.17) is 20.4 Å². The quantitative estimate of drug-likeness (QED) is 0.372. The summed E-state index contributed by atoms with van der Waals surface area (Å²) in [5.41, 5.74) is 0. The van der Waals surface area contributed by atoms with Gasteiger partial charge in [0.2, 0.25) is 0 Å². The number of hydrogen-bond acceptors (Lipinski definition) is 4. The molecular formula is C6H16O4. The summed E-state index contributed by atoms with van der Waals surface area (Å²) >= 11 is 0. The van der Waals surface area contributed by atoms with Crippen molar-refractivity contribution in [3.8, 4) is 0 Å². The minimum absolute atomic E-state index is 0.125. The lowest BCUT2D eigenvalue weighted by atomic mass is 10.8. The van der Waals surface area contributed by atoms with Crippen LogP contribution in [0.15, 0.2) is 13.2 Å². The topological polar surface area (TPSA) is 80.9 Å². The van der Waals surface area contributed by atoms with E-state index >= 15 is 0 Å². The molecule has 0 unspecified atom stereocenters. The number of aliphatic hydroxyl groups is 4. The molecule has 0 radical (unpaired) electrons. The van der Waals surface area contributed by atoms with Gasteiger partial charge in [0.25, 0.3) is 0 Å². The molecule has 0 aliphatic carbocycles. The Bertz CT molecular complexity index is 24.9. The lowest BCUT2D eigenvalue weighted by molar-refractivity contribution is 0.186. The Morgan fingerprint density at radius 3 is 0.700 bits per heavy atom. The van der Waals surface area contributed by atoms with Crippen molar-refractivity contribution in [2.24, 2.45) is 0 Å². The Hall–Kier alpha value is -0.420. The van der Waals surface area contributed by atoms with Gasteiger partial charge in [-0.15, -0.1) is 13.2 Å². The maximum absolute atomic E-state index is 7.62. The average molecular weight is 152 g/mol. The Balaban J connectivity index is -0.0000000787. The van der Waals surface area contributed by atoms with Crippen molar-refractivity contribution in [1.29, 1.82) is 0 Å². The molecule has 4 nitrogen and oxygen atoms in total. The molecule has 0 aliphatic rings. The molecule has 0 spiro atoms. The molecule has 0 heterocycles. The standard InChI is InChI=1S/2C2H6O2.C2H4/c2*3-1-2-4;1-2/h2*3-4H,1-2H2;1-2H2. The Morgan fingerprint density at radius 2 is 0.700 bits per heavy atom. The van der Waals surface area contributed by atoms with E-state index in [1.165, 1.54) is 0 Å². The normalized spacial score (nSPS) is 6.40. The highest BCUT2D eigenvalue weighted by molar-refractivity contribution is 4.22. The summed E-state index contributed by atoms with van der Waals surface area (Å²) in [5, 5.41) is 30.5. The van der Waals surface area contributed by atoms with Crippen molar-refractivity contribution >= 4 is 0 Å². The van der Waals surface area contributed by atoms with Gasteiger partial charge in [-0.05, 0) is 0 Å². The summed E-state index contributed by atoms with van der Waals surface area (Å²) in [6.45, 7) is 5.50. The smallest absolute Gasteiger partial charge is 0.0662 e. The highest BCUT2D eigenvalue weighted by Crippen LogP contribution is 1.40. The summed E-state index contributed by atoms with van der Waals surface area (Å²) in [7, 11) is 0. The van der Waals surface area contributed by atoms with Gasteiger partial charge in [0.1, 0.15) is 0 Å². The highest BCUT2D eigenvalue weighted by Gasteiger charge is 1.58. The van der Waals surface area contributed by atoms with Crippen molar-refractivity contribution < 1.29 is 20.4 Å². The Morgan fingerprint density at radius 1 is 0.600 bits per heavy atom. The van der Waals surface area contributed by atoms with Crippen LogP contribution < -0.4 is 0 Å². The first-order valence-corrected chi connectivity index (χ1v) is 2.76. The van der Waals surface area contributed by atoms with Gasteiger partial charge in [0.15, 0.2) is 0 Å². The lowest BCUT2D eigenvalue weighted by Gasteiger charge is -1.70. The third kappa shape index (κ3) is 131. The zero-order valence-corrected chi connectivity index (χ0v) is 6.03. The fourth-order valence-corrected chi connectivity index (χ4v) is 0. The van der Waals surface area contributed by atoms with Gasteiger partial charge in [-0.1, -0.05) is 0 Å². The molecule has 0 bridgehead atoms. The first-order chi connectivity index (χ1) is 4.83. The molecule has 0 saturated carbocycles. The van der Waals surface area contributed by atoms with Gasteiger partial charge >= 0.3 is 0 Å². The molecule has 0 amide bonds. The molecule has 0 aromatic rings. The van der Waals surface area contributed by atoms with Gasteiger partial charge in [-0.2, -0.15) is 0 Å². The largest absolute Gasteiger partial charge is 0.394 e. The van der Waals surface area contributed by atoms with E-state index in [9.17, 15) is 0 Å². The van der Waals surface area contributed by atoms with E-state index in [0.717, 1.165) is 0 Å². The van der Waals surface area contributed by atoms with Crippen LogP contribution in [0.4, 0.5) is 0 Å². The third-order valence-corrected chi connectivity index (χ3v) is 0.200. The maximum atomic E-state index is 7.62. The van der Waals surface area contributed by atoms with Crippen molar-refractivity contribution in [3.05, 3.63) is 13.2 Å². The predicted molar refractivity (Wildman–Crippen MR) is 39.6 cm³/mol. The highest BCUT2D eigenvalue weighted by atomic mass is 16.3. The van der Waals surface area contributed by atoms with Crippen LogP contribution in [0.25, 0.3) is 0 Å². The SMILES string of the molecule is C=C.OCCO.OCCO. The summed E-state index contributed by atoms with van der Waals surface area (Å²) in [6, 6.07) is 0. The van der Waals surface area contributed by atoms with E-state index < -0.39 is 0 Å². The monoisotopic (exact) mass is 152 g/mol. The van der Waals surface area contributed by atoms with E-state index in [1.54, 1.807) is 0 Å². The van der Waals surface area contributed by atoms with Gasteiger partial charge < -0.3 is 20.4 Å². The zero-order chi connectivity index (χ0) is 8.83. The van der Waals surface area contributed by atoms with Crippen molar-refractivity contribution in [2.75, 3.05) is 26.4 Å². The average Bonchev–Trinajstić information content (AvgIpc) is 2.08. The van der Waals surface area contributed by atoms with E-state index in [-0.39, 0.29) is 26.4 Å². The molecule has 0 aliphatic heterocycles. The van der Waals surface area contributed by atoms with E-state index in [1.807, 2.05) is 0 Å². The first-order valence-electron chi connectivity index (χ1n) is 2.76. The van der Waals surface area contributed by atoms with Crippen LogP contribution >= 0.6 is 0 Å². The van der Waals surface area contributed by atoms with Crippen molar-refractivity contribution in [2.45, 2.75) is 0 Å². The molecule has 0 rings (SSSR count). The maximum Gasteiger partial charge on any atom is 0.0662 e. The van der Waals surface area contributed by atoms with Crippen LogP contribution in [0, 0.1) is 0 Å². The molecule has 64 valence electrons. The molecule has 10 heavy (non-hydrogen) atoms. The number of aliphatic hydroxyl groups excluding tert-OH is 4. The summed E-state index contributed by atoms with van der Waals surface area (Å²) < 4.78 is 0. The molecule has 0 atom stereocenters. The molecular weight excluding hydrogens is 136 g/mol. The number of hydrogen-bond donors (Lipinski definition) is 4. The molecule has 4 heteroatoms. The summed E-state index contributed by atoms with van der Waals surface area (Å²) in [6.07, 6.45) is 0. The fraction of sp³-hybridized carbons (Fsp3) is 0.667. The van der Waals surface area contributed by atoms with Crippen LogP contribution in [0.2, 0.25) is 0 Å². The Kier molecular flexibility index (Phi) is 62.7. The lowest BCUT2D eigenvalue weighted by Crippen LogP contribution is -1.85. The molecule has 0 saturated heterocycles. The van der Waals surface area contributed by atoms with Gasteiger partial charge in [-0.3, -0.25) is 0 Å². The third-order valence-electron chi connectivity index (χ3n) is 0.200. The van der Waals surface area contributed by atoms with Gasteiger partial charge in [-0.25, -0.2) is 0 Å². The van der Waals surface area contributed by atoms with Crippen LogP contribution in [-0.2, 0) is 0 Å². The molecule has 0 aromatic carbocycles. The van der Waals surface area contributed by atoms with Crippen LogP contribution in [0.3, 0.4) is 0 Å². The molecule has 0 aromatic heterocycles. The van der Waals surface area contributed by atoms with E-state index in [0.29, 0.717) is 0 Å². The molecule has 0 fully saturated rings. The molecule has 4 N–H and O–H groups in total. The number of rotatable bonds is 2. The second kappa shape index (κ2) is 38.5. The van der Waals surface area contributed by atoms with Crippen LogP contribution in [-0.4, -0.2) is 46.9 Å². The second-order valence-corrected chi connectivity index (χ2v) is 0.894. The summed E-state index contributed by atoms with van der Waals surface area (Å²) in [5.74, 6) is 0. The van der Waals surface area contributed by atoms with Crippen LogP contribution in [0.5, 0.6) is 0 Å². The second-order valence-electron chi connectivity index (χ2n) is 0.894. The minimum Gasteiger partial charge on any atom is -0.394 e. The summed E-state index contributed by atoms with van der Waals surface area (Å²) in [4.78, 5) is 0. The van der Waals surface area contributed by atoms with E-state index in [2.05, 4.69) is 13.2 Å². The Labute approximate surface area is 61.1 Å². The van der Waals surface area contributed by atoms with Crippen molar-refractivity contribution in [3.63, 3.8) is 0 Å².